The molecule has 1 rings (SSSR count). The first-order valence-corrected chi connectivity index (χ1v) is 34.3. The van der Waals surface area contributed by atoms with Crippen molar-refractivity contribution in [1.82, 2.24) is 5.32 Å². The molecule has 9 heteroatoms. The van der Waals surface area contributed by atoms with Crippen LogP contribution >= 0.6 is 0 Å². The molecule has 7 atom stereocenters. The van der Waals surface area contributed by atoms with Crippen LogP contribution in [0, 0.1) is 0 Å². The van der Waals surface area contributed by atoms with Crippen molar-refractivity contribution in [2.45, 2.75) is 326 Å². The number of aliphatic hydroxyl groups excluding tert-OH is 5. The molecule has 1 amide bonds. The van der Waals surface area contributed by atoms with Gasteiger partial charge in [-0.05, 0) is 96.3 Å². The number of hydrogen-bond donors (Lipinski definition) is 6. The summed E-state index contributed by atoms with van der Waals surface area (Å²) in [7, 11) is 0. The Bertz CT molecular complexity index is 1720. The molecule has 0 aliphatic carbocycles. The third-order valence-corrected chi connectivity index (χ3v) is 15.5. The summed E-state index contributed by atoms with van der Waals surface area (Å²) < 4.78 is 11.3. The van der Waals surface area contributed by atoms with Crippen LogP contribution in [-0.2, 0) is 14.3 Å². The van der Waals surface area contributed by atoms with Crippen LogP contribution in [0.25, 0.3) is 0 Å². The largest absolute Gasteiger partial charge is 0.394 e. The predicted octanol–water partition coefficient (Wildman–Crippen LogP) is 18.6. The third-order valence-electron chi connectivity index (χ3n) is 15.5. The van der Waals surface area contributed by atoms with Crippen LogP contribution in [0.1, 0.15) is 284 Å². The van der Waals surface area contributed by atoms with E-state index in [1.807, 2.05) is 6.08 Å². The summed E-state index contributed by atoms with van der Waals surface area (Å²) in [4.78, 5) is 13.1. The lowest BCUT2D eigenvalue weighted by Crippen LogP contribution is -2.60. The molecule has 476 valence electrons. The highest BCUT2D eigenvalue weighted by Gasteiger charge is 2.44. The number of carbonyl (C=O) groups is 1. The van der Waals surface area contributed by atoms with Gasteiger partial charge in [-0.25, -0.2) is 0 Å². The minimum absolute atomic E-state index is 0.214. The van der Waals surface area contributed by atoms with E-state index in [1.165, 1.54) is 161 Å². The molecule has 0 aromatic rings. The monoisotopic (exact) mass is 1160 g/mol. The maximum absolute atomic E-state index is 13.1. The van der Waals surface area contributed by atoms with Gasteiger partial charge in [0.25, 0.3) is 0 Å². The van der Waals surface area contributed by atoms with Crippen LogP contribution in [0.5, 0.6) is 0 Å². The van der Waals surface area contributed by atoms with Gasteiger partial charge in [0.15, 0.2) is 6.29 Å². The lowest BCUT2D eigenvalue weighted by Gasteiger charge is -2.40. The van der Waals surface area contributed by atoms with Crippen molar-refractivity contribution < 1.29 is 39.8 Å². The molecular weight excluding hydrogens is 1030 g/mol. The van der Waals surface area contributed by atoms with E-state index in [1.54, 1.807) is 6.08 Å². The molecular formula is C74H127NO8. The first kappa shape index (κ1) is 77.6. The normalized spacial score (nSPS) is 19.0. The fraction of sp³-hybridized carbons (Fsp3) is 0.716. The summed E-state index contributed by atoms with van der Waals surface area (Å²) in [5, 5.41) is 54.7. The Balaban J connectivity index is 2.22. The summed E-state index contributed by atoms with van der Waals surface area (Å²) in [5.74, 6) is -0.214. The number of ether oxygens (including phenoxy) is 2. The van der Waals surface area contributed by atoms with Crippen molar-refractivity contribution >= 4 is 5.91 Å². The number of allylic oxidation sites excluding steroid dienone is 19. The molecule has 6 N–H and O–H groups in total. The van der Waals surface area contributed by atoms with Gasteiger partial charge in [0, 0.05) is 6.42 Å². The van der Waals surface area contributed by atoms with E-state index >= 15 is 0 Å². The maximum Gasteiger partial charge on any atom is 0.220 e. The number of unbranched alkanes of at least 4 members (excludes halogenated alkanes) is 30. The highest BCUT2D eigenvalue weighted by molar-refractivity contribution is 5.76. The van der Waals surface area contributed by atoms with E-state index in [0.717, 1.165) is 96.3 Å². The van der Waals surface area contributed by atoms with Crippen LogP contribution < -0.4 is 5.32 Å². The molecule has 1 fully saturated rings. The van der Waals surface area contributed by atoms with Crippen molar-refractivity contribution in [3.63, 3.8) is 0 Å². The quantitative estimate of drug-likeness (QED) is 0.0261. The summed E-state index contributed by atoms with van der Waals surface area (Å²) in [6.07, 6.45) is 85.8. The molecule has 0 aromatic carbocycles. The van der Waals surface area contributed by atoms with Crippen LogP contribution in [0.3, 0.4) is 0 Å². The molecule has 7 unspecified atom stereocenters. The van der Waals surface area contributed by atoms with Gasteiger partial charge in [0.05, 0.1) is 25.4 Å². The fourth-order valence-electron chi connectivity index (χ4n) is 10.2. The summed E-state index contributed by atoms with van der Waals surface area (Å²) in [5.41, 5.74) is 0. The summed E-state index contributed by atoms with van der Waals surface area (Å²) in [6.45, 7) is 3.65. The molecule has 1 heterocycles. The molecule has 1 saturated heterocycles. The van der Waals surface area contributed by atoms with Gasteiger partial charge in [-0.15, -0.1) is 0 Å². The van der Waals surface area contributed by atoms with Crippen molar-refractivity contribution in [3.8, 4) is 0 Å². The van der Waals surface area contributed by atoms with Gasteiger partial charge in [0.2, 0.25) is 5.91 Å². The zero-order valence-electron chi connectivity index (χ0n) is 53.2. The number of nitrogens with one attached hydrogen (secondary N) is 1. The standard InChI is InChI=1S/C74H127NO8/c1-3-5-7-9-11-13-15-17-19-21-23-25-27-29-31-33-34-36-37-39-41-43-45-47-49-51-53-55-57-59-61-63-68(77)67(66-82-74-73(81)72(80)71(79)69(65-76)83-74)75-70(78)64-62-60-58-56-54-52-50-48-46-44-42-40-38-35-32-30-28-26-24-22-20-18-16-14-12-10-8-6-4-2/h6,8,12,14,18,20,24,26,30,32,38,40,44,46,50,52-53,55,61,63,67-69,71-74,76-77,79-81H,3-5,7,9-11,13,15-17,19,21-23,25,27-29,31,33-37,39,41-43,45,47-49,51,54,56-60,62,64-66H2,1-2H3,(H,75,78)/b8-6-,14-12-,20-18-,26-24-,32-30-,40-38-,46-44-,52-50-,55-53+,63-61+. The van der Waals surface area contributed by atoms with E-state index in [-0.39, 0.29) is 12.5 Å². The van der Waals surface area contributed by atoms with Gasteiger partial charge >= 0.3 is 0 Å². The van der Waals surface area contributed by atoms with Crippen LogP contribution in [0.4, 0.5) is 0 Å². The Morgan fingerprint density at radius 3 is 1.16 bits per heavy atom. The summed E-state index contributed by atoms with van der Waals surface area (Å²) >= 11 is 0. The van der Waals surface area contributed by atoms with Crippen LogP contribution in [-0.4, -0.2) is 87.5 Å². The average molecular weight is 1160 g/mol. The van der Waals surface area contributed by atoms with Crippen molar-refractivity contribution in [3.05, 3.63) is 122 Å². The molecule has 0 radical (unpaired) electrons. The first-order chi connectivity index (χ1) is 40.8. The SMILES string of the molecule is CC/C=C\C/C=C\C/C=C\C/C=C\C/C=C\C/C=C\C/C=C\C/C=C\CCCCCCC(=O)NC(COC1OC(CO)C(O)C(O)C1O)C(O)/C=C/CC/C=C/CCCCCCCCCCCCCCCCCCCCCCCCCCC. The van der Waals surface area contributed by atoms with Gasteiger partial charge < -0.3 is 40.3 Å². The molecule has 0 spiro atoms. The second-order valence-corrected chi connectivity index (χ2v) is 23.2. The number of carbonyl (C=O) groups excluding carboxylic acids is 1. The van der Waals surface area contributed by atoms with E-state index in [4.69, 9.17) is 9.47 Å². The Morgan fingerprint density at radius 1 is 0.422 bits per heavy atom. The van der Waals surface area contributed by atoms with Gasteiger partial charge in [-0.3, -0.25) is 4.79 Å². The van der Waals surface area contributed by atoms with E-state index < -0.39 is 49.5 Å². The molecule has 0 aromatic heterocycles. The van der Waals surface area contributed by atoms with Gasteiger partial charge in [-0.2, -0.15) is 0 Å². The summed E-state index contributed by atoms with van der Waals surface area (Å²) in [6, 6.07) is -0.847. The van der Waals surface area contributed by atoms with E-state index in [2.05, 4.69) is 129 Å². The van der Waals surface area contributed by atoms with Crippen LogP contribution in [0.2, 0.25) is 0 Å². The second-order valence-electron chi connectivity index (χ2n) is 23.2. The van der Waals surface area contributed by atoms with Crippen LogP contribution in [0.15, 0.2) is 122 Å². The Morgan fingerprint density at radius 2 is 0.759 bits per heavy atom. The van der Waals surface area contributed by atoms with Crippen molar-refractivity contribution in [2.75, 3.05) is 13.2 Å². The minimum Gasteiger partial charge on any atom is -0.394 e. The molecule has 1 aliphatic heterocycles. The highest BCUT2D eigenvalue weighted by Crippen LogP contribution is 2.23. The number of hydrogen-bond acceptors (Lipinski definition) is 8. The topological polar surface area (TPSA) is 149 Å². The Kier molecular flexibility index (Phi) is 57.7. The lowest BCUT2D eigenvalue weighted by molar-refractivity contribution is -0.302. The molecule has 0 bridgehead atoms. The number of amides is 1. The van der Waals surface area contributed by atoms with Crippen molar-refractivity contribution in [2.24, 2.45) is 0 Å². The zero-order chi connectivity index (χ0) is 60.0. The van der Waals surface area contributed by atoms with E-state index in [0.29, 0.717) is 12.8 Å². The second kappa shape index (κ2) is 61.7. The predicted molar refractivity (Wildman–Crippen MR) is 354 cm³/mol. The molecule has 1 aliphatic rings. The molecule has 0 saturated carbocycles. The highest BCUT2D eigenvalue weighted by atomic mass is 16.7. The van der Waals surface area contributed by atoms with Crippen molar-refractivity contribution in [1.29, 1.82) is 0 Å². The molecule has 9 nitrogen and oxygen atoms in total. The Hall–Kier alpha value is -3.41. The number of aliphatic hydroxyl groups is 5. The lowest BCUT2D eigenvalue weighted by atomic mass is 9.99. The average Bonchev–Trinajstić information content (AvgIpc) is 3.60. The van der Waals surface area contributed by atoms with Gasteiger partial charge in [0.1, 0.15) is 24.4 Å². The Labute approximate surface area is 509 Å². The van der Waals surface area contributed by atoms with E-state index in [9.17, 15) is 30.3 Å². The minimum atomic E-state index is -1.59. The van der Waals surface area contributed by atoms with Gasteiger partial charge in [-0.1, -0.05) is 302 Å². The maximum atomic E-state index is 13.1. The number of rotatable bonds is 58. The third kappa shape index (κ3) is 50.5. The smallest absolute Gasteiger partial charge is 0.220 e. The molecule has 83 heavy (non-hydrogen) atoms. The first-order valence-electron chi connectivity index (χ1n) is 34.3. The zero-order valence-corrected chi connectivity index (χ0v) is 53.2. The fourth-order valence-corrected chi connectivity index (χ4v) is 10.2.